The van der Waals surface area contributed by atoms with Crippen LogP contribution in [0.25, 0.3) is 0 Å². The molecule has 0 bridgehead atoms. The van der Waals surface area contributed by atoms with Gasteiger partial charge in [-0.25, -0.2) is 4.79 Å². The minimum absolute atomic E-state index is 0.231. The molecule has 0 fully saturated rings. The molecule has 3 nitrogen and oxygen atoms in total. The molecule has 0 saturated carbocycles. The van der Waals surface area contributed by atoms with Crippen LogP contribution < -0.4 is 4.74 Å². The molecule has 1 aromatic rings. The first-order chi connectivity index (χ1) is 7.83. The van der Waals surface area contributed by atoms with Gasteiger partial charge in [0.05, 0.1) is 5.02 Å². The number of rotatable bonds is 2. The maximum atomic E-state index is 11.4. The van der Waals surface area contributed by atoms with Gasteiger partial charge in [0, 0.05) is 5.56 Å². The van der Waals surface area contributed by atoms with Gasteiger partial charge in [-0.3, -0.25) is 0 Å². The summed E-state index contributed by atoms with van der Waals surface area (Å²) in [5, 5.41) is 0.286. The standard InChI is InChI=1S/C13H14ClO3/c1-5-9-7-6-8-10(11(9)14)16-12(15)17-13(2,3)4/h6-8H,1H2,2-4H3. The number of carbonyl (C=O) groups is 1. The number of benzene rings is 1. The van der Waals surface area contributed by atoms with Gasteiger partial charge in [-0.1, -0.05) is 30.3 Å². The minimum atomic E-state index is -0.791. The van der Waals surface area contributed by atoms with E-state index in [1.807, 2.05) is 0 Å². The van der Waals surface area contributed by atoms with Crippen molar-refractivity contribution >= 4 is 17.8 Å². The van der Waals surface area contributed by atoms with Crippen molar-refractivity contribution < 1.29 is 14.3 Å². The van der Waals surface area contributed by atoms with E-state index < -0.39 is 11.8 Å². The Kier molecular flexibility index (Phi) is 4.18. The Labute approximate surface area is 106 Å². The Balaban J connectivity index is 2.82. The Morgan fingerprint density at radius 2 is 2.06 bits per heavy atom. The van der Waals surface area contributed by atoms with Crippen LogP contribution in [0.4, 0.5) is 4.79 Å². The zero-order valence-corrected chi connectivity index (χ0v) is 10.8. The number of hydrogen-bond acceptors (Lipinski definition) is 3. The first-order valence-electron chi connectivity index (χ1n) is 5.06. The normalized spacial score (nSPS) is 10.8. The first-order valence-corrected chi connectivity index (χ1v) is 5.44. The van der Waals surface area contributed by atoms with Crippen molar-refractivity contribution in [2.45, 2.75) is 26.4 Å². The van der Waals surface area contributed by atoms with Crippen molar-refractivity contribution in [3.05, 3.63) is 41.4 Å². The van der Waals surface area contributed by atoms with Gasteiger partial charge in [0.2, 0.25) is 0 Å². The molecular formula is C13H14ClO3. The predicted octanol–water partition coefficient (Wildman–Crippen LogP) is 3.99. The van der Waals surface area contributed by atoms with E-state index in [0.29, 0.717) is 5.56 Å². The Hall–Kier alpha value is -1.48. The summed E-state index contributed by atoms with van der Waals surface area (Å²) in [6.07, 6.45) is 1.85. The topological polar surface area (TPSA) is 35.5 Å². The van der Waals surface area contributed by atoms with Crippen molar-refractivity contribution in [3.63, 3.8) is 0 Å². The molecule has 1 radical (unpaired) electrons. The van der Waals surface area contributed by atoms with E-state index in [4.69, 9.17) is 21.1 Å². The Morgan fingerprint density at radius 1 is 1.41 bits per heavy atom. The second-order valence-corrected chi connectivity index (χ2v) is 4.74. The van der Waals surface area contributed by atoms with Gasteiger partial charge in [-0.2, -0.15) is 0 Å². The summed E-state index contributed by atoms with van der Waals surface area (Å²) in [5.74, 6) is 0.231. The van der Waals surface area contributed by atoms with Gasteiger partial charge in [0.15, 0.2) is 5.75 Å². The summed E-state index contributed by atoms with van der Waals surface area (Å²) in [6.45, 7) is 8.75. The summed E-state index contributed by atoms with van der Waals surface area (Å²) in [6, 6.07) is 4.99. The van der Waals surface area contributed by atoms with Crippen LogP contribution in [0.1, 0.15) is 26.3 Å². The maximum Gasteiger partial charge on any atom is 0.514 e. The molecule has 0 N–H and O–H groups in total. The van der Waals surface area contributed by atoms with E-state index in [1.54, 1.807) is 39.0 Å². The Bertz CT molecular complexity index is 433. The van der Waals surface area contributed by atoms with Crippen LogP contribution in [0.2, 0.25) is 5.02 Å². The van der Waals surface area contributed by atoms with Crippen molar-refractivity contribution in [2.24, 2.45) is 0 Å². The molecule has 1 rings (SSSR count). The predicted molar refractivity (Wildman–Crippen MR) is 66.3 cm³/mol. The van der Waals surface area contributed by atoms with Crippen LogP contribution in [-0.2, 0) is 4.74 Å². The molecule has 0 spiro atoms. The van der Waals surface area contributed by atoms with Crippen molar-refractivity contribution in [1.82, 2.24) is 0 Å². The van der Waals surface area contributed by atoms with E-state index in [2.05, 4.69) is 12.7 Å². The second-order valence-electron chi connectivity index (χ2n) is 4.36. The first kappa shape index (κ1) is 13.6. The lowest BCUT2D eigenvalue weighted by atomic mass is 10.2. The monoisotopic (exact) mass is 253 g/mol. The average molecular weight is 254 g/mol. The van der Waals surface area contributed by atoms with E-state index >= 15 is 0 Å². The van der Waals surface area contributed by atoms with Crippen LogP contribution in [0, 0.1) is 6.08 Å². The molecule has 0 aliphatic carbocycles. The van der Waals surface area contributed by atoms with E-state index in [9.17, 15) is 4.79 Å². The van der Waals surface area contributed by atoms with Crippen molar-refractivity contribution in [3.8, 4) is 5.75 Å². The summed E-state index contributed by atoms with van der Waals surface area (Å²) in [7, 11) is 0. The number of carbonyl (C=O) groups excluding carboxylic acids is 1. The lowest BCUT2D eigenvalue weighted by Gasteiger charge is -2.19. The third-order valence-electron chi connectivity index (χ3n) is 1.74. The maximum absolute atomic E-state index is 11.4. The molecular weight excluding hydrogens is 240 g/mol. The van der Waals surface area contributed by atoms with Crippen LogP contribution in [0.3, 0.4) is 0 Å². The molecule has 0 aliphatic rings. The molecule has 0 saturated heterocycles. The van der Waals surface area contributed by atoms with Crippen molar-refractivity contribution in [1.29, 1.82) is 0 Å². The largest absolute Gasteiger partial charge is 0.514 e. The number of halogens is 1. The number of hydrogen-bond donors (Lipinski definition) is 0. The molecule has 4 heteroatoms. The summed E-state index contributed by atoms with van der Waals surface area (Å²) < 4.78 is 10.0. The zero-order valence-electron chi connectivity index (χ0n) is 10.0. The lowest BCUT2D eigenvalue weighted by Crippen LogP contribution is -2.26. The van der Waals surface area contributed by atoms with Gasteiger partial charge in [-0.05, 0) is 32.9 Å². The molecule has 0 heterocycles. The van der Waals surface area contributed by atoms with Gasteiger partial charge in [0.25, 0.3) is 0 Å². The molecule has 17 heavy (non-hydrogen) atoms. The third kappa shape index (κ3) is 4.11. The highest BCUT2D eigenvalue weighted by molar-refractivity contribution is 6.33. The molecule has 91 valence electrons. The zero-order chi connectivity index (χ0) is 13.1. The van der Waals surface area contributed by atoms with E-state index in [-0.39, 0.29) is 10.8 Å². The van der Waals surface area contributed by atoms with Gasteiger partial charge < -0.3 is 9.47 Å². The highest BCUT2D eigenvalue weighted by Gasteiger charge is 2.19. The fourth-order valence-corrected chi connectivity index (χ4v) is 1.32. The molecule has 1 aromatic carbocycles. The minimum Gasteiger partial charge on any atom is -0.428 e. The van der Waals surface area contributed by atoms with Gasteiger partial charge in [-0.15, -0.1) is 0 Å². The second kappa shape index (κ2) is 5.23. The van der Waals surface area contributed by atoms with Crippen LogP contribution in [-0.4, -0.2) is 11.8 Å². The van der Waals surface area contributed by atoms with E-state index in [0.717, 1.165) is 0 Å². The highest BCUT2D eigenvalue weighted by Crippen LogP contribution is 2.28. The fraction of sp³-hybridized carbons (Fsp3) is 0.308. The molecule has 0 aliphatic heterocycles. The lowest BCUT2D eigenvalue weighted by molar-refractivity contribution is 0.0206. The van der Waals surface area contributed by atoms with Gasteiger partial charge in [0.1, 0.15) is 5.60 Å². The highest BCUT2D eigenvalue weighted by atomic mass is 35.5. The fourth-order valence-electron chi connectivity index (χ4n) is 1.09. The van der Waals surface area contributed by atoms with Crippen LogP contribution in [0.15, 0.2) is 24.8 Å². The molecule has 0 aromatic heterocycles. The van der Waals surface area contributed by atoms with Crippen molar-refractivity contribution in [2.75, 3.05) is 0 Å². The SMILES string of the molecule is C=[C]c1cccc(OC(=O)OC(C)(C)C)c1Cl. The summed E-state index contributed by atoms with van der Waals surface area (Å²) >= 11 is 5.99. The van der Waals surface area contributed by atoms with E-state index in [1.165, 1.54) is 0 Å². The summed E-state index contributed by atoms with van der Waals surface area (Å²) in [4.78, 5) is 11.4. The smallest absolute Gasteiger partial charge is 0.428 e. The summed E-state index contributed by atoms with van der Waals surface area (Å²) in [5.41, 5.74) is -0.0288. The quantitative estimate of drug-likeness (QED) is 0.591. The third-order valence-corrected chi connectivity index (χ3v) is 2.13. The Morgan fingerprint density at radius 3 is 2.59 bits per heavy atom. The molecule has 0 amide bonds. The molecule has 0 unspecified atom stereocenters. The van der Waals surface area contributed by atoms with Gasteiger partial charge >= 0.3 is 6.16 Å². The number of ether oxygens (including phenoxy) is 2. The molecule has 0 atom stereocenters. The van der Waals surface area contributed by atoms with Crippen LogP contribution >= 0.6 is 11.6 Å². The van der Waals surface area contributed by atoms with Crippen LogP contribution in [0.5, 0.6) is 5.75 Å². The average Bonchev–Trinajstić information content (AvgIpc) is 2.18.